The van der Waals surface area contributed by atoms with Crippen LogP contribution in [0.4, 0.5) is 0 Å². The Labute approximate surface area is 121 Å². The minimum Gasteiger partial charge on any atom is -0.396 e. The first-order valence-electron chi connectivity index (χ1n) is 7.54. The Balaban J connectivity index is 2.26. The van der Waals surface area contributed by atoms with Gasteiger partial charge < -0.3 is 10.0 Å². The Morgan fingerprint density at radius 2 is 1.85 bits per heavy atom. The van der Waals surface area contributed by atoms with Gasteiger partial charge in [-0.2, -0.15) is 0 Å². The van der Waals surface area contributed by atoms with Crippen LogP contribution in [0.5, 0.6) is 0 Å². The maximum Gasteiger partial charge on any atom is 0.254 e. The second-order valence-electron chi connectivity index (χ2n) is 5.93. The van der Waals surface area contributed by atoms with E-state index in [9.17, 15) is 4.79 Å². The van der Waals surface area contributed by atoms with E-state index in [1.807, 2.05) is 18.7 Å². The van der Waals surface area contributed by atoms with Crippen molar-refractivity contribution in [1.29, 1.82) is 0 Å². The summed E-state index contributed by atoms with van der Waals surface area (Å²) >= 11 is 0. The highest BCUT2D eigenvalue weighted by molar-refractivity contribution is 5.97. The monoisotopic (exact) mass is 275 g/mol. The molecular weight excluding hydrogens is 250 g/mol. The largest absolute Gasteiger partial charge is 0.396 e. The van der Waals surface area contributed by atoms with Crippen LogP contribution in [-0.4, -0.2) is 35.1 Å². The first kappa shape index (κ1) is 15.0. The molecule has 0 saturated heterocycles. The minimum atomic E-state index is 0.137. The number of hydrogen-bond donors (Lipinski definition) is 1. The van der Waals surface area contributed by atoms with Gasteiger partial charge in [0.1, 0.15) is 0 Å². The highest BCUT2D eigenvalue weighted by Gasteiger charge is 2.30. The molecule has 3 nitrogen and oxygen atoms in total. The van der Waals surface area contributed by atoms with Crippen molar-refractivity contribution < 1.29 is 9.90 Å². The lowest BCUT2D eigenvalue weighted by molar-refractivity contribution is 0.0561. The molecule has 0 heterocycles. The number of carbonyl (C=O) groups excluding carboxylic acids is 1. The predicted molar refractivity (Wildman–Crippen MR) is 81.0 cm³/mol. The molecule has 0 unspecified atom stereocenters. The van der Waals surface area contributed by atoms with E-state index in [1.54, 1.807) is 0 Å². The van der Waals surface area contributed by atoms with Gasteiger partial charge in [0.2, 0.25) is 0 Å². The van der Waals surface area contributed by atoms with E-state index in [0.29, 0.717) is 19.0 Å². The summed E-state index contributed by atoms with van der Waals surface area (Å²) < 4.78 is 0. The smallest absolute Gasteiger partial charge is 0.254 e. The van der Waals surface area contributed by atoms with E-state index in [2.05, 4.69) is 19.1 Å². The fourth-order valence-corrected chi connectivity index (χ4v) is 3.05. The maximum absolute atomic E-state index is 12.9. The third-order valence-corrected chi connectivity index (χ3v) is 4.22. The molecule has 0 spiro atoms. The number of hydrogen-bond acceptors (Lipinski definition) is 2. The van der Waals surface area contributed by atoms with Crippen molar-refractivity contribution in [2.24, 2.45) is 0 Å². The summed E-state index contributed by atoms with van der Waals surface area (Å²) in [5.74, 6) is 0.137. The summed E-state index contributed by atoms with van der Waals surface area (Å²) in [6, 6.07) is 4.52. The zero-order valence-corrected chi connectivity index (χ0v) is 12.8. The van der Waals surface area contributed by atoms with E-state index >= 15 is 0 Å². The van der Waals surface area contributed by atoms with Gasteiger partial charge in [-0.3, -0.25) is 4.79 Å². The number of rotatable bonds is 5. The number of aliphatic hydroxyl groups is 1. The molecule has 0 aliphatic heterocycles. The highest BCUT2D eigenvalue weighted by Crippen LogP contribution is 2.28. The quantitative estimate of drug-likeness (QED) is 0.897. The molecule has 0 radical (unpaired) electrons. The van der Waals surface area contributed by atoms with Gasteiger partial charge in [0.15, 0.2) is 0 Å². The summed E-state index contributed by atoms with van der Waals surface area (Å²) in [6.45, 7) is 6.88. The van der Waals surface area contributed by atoms with Crippen LogP contribution < -0.4 is 0 Å². The first-order chi connectivity index (χ1) is 9.54. The topological polar surface area (TPSA) is 40.5 Å². The van der Waals surface area contributed by atoms with Crippen molar-refractivity contribution in [2.75, 3.05) is 13.2 Å². The number of amides is 1. The molecule has 1 aliphatic carbocycles. The van der Waals surface area contributed by atoms with Crippen molar-refractivity contribution in [1.82, 2.24) is 4.90 Å². The predicted octanol–water partition coefficient (Wildman–Crippen LogP) is 2.99. The Kier molecular flexibility index (Phi) is 4.81. The number of carbonyl (C=O) groups is 1. The molecule has 0 atom stereocenters. The lowest BCUT2D eigenvalue weighted by Gasteiger charge is -2.38. The lowest BCUT2D eigenvalue weighted by Crippen LogP contribution is -2.45. The summed E-state index contributed by atoms with van der Waals surface area (Å²) in [5.41, 5.74) is 4.16. The van der Waals surface area contributed by atoms with Gasteiger partial charge in [-0.05, 0) is 57.6 Å². The minimum absolute atomic E-state index is 0.137. The third-order valence-electron chi connectivity index (χ3n) is 4.22. The molecule has 110 valence electrons. The fourth-order valence-electron chi connectivity index (χ4n) is 3.05. The molecule has 20 heavy (non-hydrogen) atoms. The Morgan fingerprint density at radius 3 is 2.30 bits per heavy atom. The van der Waals surface area contributed by atoms with Crippen molar-refractivity contribution in [3.63, 3.8) is 0 Å². The zero-order valence-electron chi connectivity index (χ0n) is 12.8. The van der Waals surface area contributed by atoms with Gasteiger partial charge >= 0.3 is 0 Å². The van der Waals surface area contributed by atoms with Crippen molar-refractivity contribution in [2.45, 2.75) is 52.5 Å². The van der Waals surface area contributed by atoms with Crippen molar-refractivity contribution in [3.8, 4) is 0 Å². The molecule has 1 aliphatic rings. The Bertz CT molecular complexity index is 469. The summed E-state index contributed by atoms with van der Waals surface area (Å²) in [4.78, 5) is 14.9. The normalized spacial score (nSPS) is 15.0. The van der Waals surface area contributed by atoms with Crippen LogP contribution in [0.1, 0.15) is 52.7 Å². The highest BCUT2D eigenvalue weighted by atomic mass is 16.3. The van der Waals surface area contributed by atoms with Crippen LogP contribution in [0.2, 0.25) is 0 Å². The van der Waals surface area contributed by atoms with Crippen LogP contribution in [0.3, 0.4) is 0 Å². The molecule has 1 amide bonds. The van der Waals surface area contributed by atoms with E-state index in [4.69, 9.17) is 5.11 Å². The Hall–Kier alpha value is -1.35. The summed E-state index contributed by atoms with van der Waals surface area (Å²) in [5, 5.41) is 9.05. The molecular formula is C17H25NO2. The molecule has 0 aromatic heterocycles. The zero-order chi connectivity index (χ0) is 14.7. The molecule has 1 fully saturated rings. The average molecular weight is 275 g/mol. The molecule has 1 N–H and O–H groups in total. The maximum atomic E-state index is 12.9. The van der Waals surface area contributed by atoms with Crippen molar-refractivity contribution in [3.05, 3.63) is 34.4 Å². The van der Waals surface area contributed by atoms with Crippen molar-refractivity contribution >= 4 is 5.91 Å². The SMILES string of the molecule is Cc1cc(C)c(C(=O)N(CCCO)C2CCC2)c(C)c1. The van der Waals surface area contributed by atoms with E-state index in [-0.39, 0.29) is 12.5 Å². The molecule has 1 aromatic carbocycles. The Morgan fingerprint density at radius 1 is 1.25 bits per heavy atom. The van der Waals surface area contributed by atoms with Gasteiger partial charge in [-0.25, -0.2) is 0 Å². The van der Waals surface area contributed by atoms with Crippen LogP contribution >= 0.6 is 0 Å². The molecule has 1 saturated carbocycles. The molecule has 0 bridgehead atoms. The first-order valence-corrected chi connectivity index (χ1v) is 7.54. The average Bonchev–Trinajstić information content (AvgIpc) is 2.30. The second-order valence-corrected chi connectivity index (χ2v) is 5.93. The van der Waals surface area contributed by atoms with Gasteiger partial charge in [0.25, 0.3) is 5.91 Å². The van der Waals surface area contributed by atoms with Gasteiger partial charge in [0.05, 0.1) is 0 Å². The number of nitrogens with zero attached hydrogens (tertiary/aromatic N) is 1. The van der Waals surface area contributed by atoms with E-state index in [0.717, 1.165) is 29.5 Å². The lowest BCUT2D eigenvalue weighted by atomic mass is 9.89. The van der Waals surface area contributed by atoms with Crippen LogP contribution in [0.15, 0.2) is 12.1 Å². The van der Waals surface area contributed by atoms with Gasteiger partial charge in [-0.1, -0.05) is 17.7 Å². The third kappa shape index (κ3) is 3.04. The molecule has 3 heteroatoms. The summed E-state index contributed by atoms with van der Waals surface area (Å²) in [7, 11) is 0. The van der Waals surface area contributed by atoms with E-state index < -0.39 is 0 Å². The van der Waals surface area contributed by atoms with Crippen LogP contribution in [-0.2, 0) is 0 Å². The van der Waals surface area contributed by atoms with E-state index in [1.165, 1.54) is 12.0 Å². The standard InChI is InChI=1S/C17H25NO2/c1-12-10-13(2)16(14(3)11-12)17(20)18(8-5-9-19)15-6-4-7-15/h10-11,15,19H,4-9H2,1-3H3. The molecule has 2 rings (SSSR count). The van der Waals surface area contributed by atoms with Gasteiger partial charge in [-0.15, -0.1) is 0 Å². The van der Waals surface area contributed by atoms with Gasteiger partial charge in [0, 0.05) is 24.8 Å². The number of aryl methyl sites for hydroxylation is 3. The van der Waals surface area contributed by atoms with Crippen LogP contribution in [0.25, 0.3) is 0 Å². The molecule has 1 aromatic rings. The fraction of sp³-hybridized carbons (Fsp3) is 0.588. The second kappa shape index (κ2) is 6.40. The van der Waals surface area contributed by atoms with Crippen LogP contribution in [0, 0.1) is 20.8 Å². The summed E-state index contributed by atoms with van der Waals surface area (Å²) in [6.07, 6.45) is 4.06. The number of aliphatic hydroxyl groups excluding tert-OH is 1. The number of benzene rings is 1.